The lowest BCUT2D eigenvalue weighted by Gasteiger charge is -1.83. The standard InChI is InChI=1S/C8H6BrNO/c1-5-8(9)6-2-3-10-4-7(6)11-5/h2-4H,1H3. The van der Waals surface area contributed by atoms with Gasteiger partial charge in [0, 0.05) is 11.6 Å². The van der Waals surface area contributed by atoms with E-state index in [0.29, 0.717) is 0 Å². The van der Waals surface area contributed by atoms with Crippen LogP contribution in [0.1, 0.15) is 5.76 Å². The largest absolute Gasteiger partial charge is 0.459 e. The first-order valence-corrected chi connectivity index (χ1v) is 4.07. The molecule has 3 heteroatoms. The third kappa shape index (κ3) is 0.959. The molecule has 11 heavy (non-hydrogen) atoms. The Hall–Kier alpha value is -0.830. The van der Waals surface area contributed by atoms with Crippen LogP contribution in [0.2, 0.25) is 0 Å². The summed E-state index contributed by atoms with van der Waals surface area (Å²) in [5.41, 5.74) is 0.830. The fourth-order valence-corrected chi connectivity index (χ4v) is 1.45. The van der Waals surface area contributed by atoms with Gasteiger partial charge in [-0.25, -0.2) is 0 Å². The van der Waals surface area contributed by atoms with Crippen molar-refractivity contribution in [3.05, 3.63) is 28.7 Å². The molecule has 0 fully saturated rings. The first-order valence-electron chi connectivity index (χ1n) is 3.27. The number of aromatic nitrogens is 1. The molecule has 0 N–H and O–H groups in total. The van der Waals surface area contributed by atoms with Crippen LogP contribution in [-0.2, 0) is 0 Å². The Morgan fingerprint density at radius 2 is 2.36 bits per heavy atom. The summed E-state index contributed by atoms with van der Waals surface area (Å²) in [5, 5.41) is 1.08. The number of halogens is 1. The van der Waals surface area contributed by atoms with Crippen LogP contribution in [0.25, 0.3) is 11.0 Å². The van der Waals surface area contributed by atoms with Gasteiger partial charge in [-0.05, 0) is 28.9 Å². The first-order chi connectivity index (χ1) is 5.29. The number of furan rings is 1. The van der Waals surface area contributed by atoms with Crippen LogP contribution < -0.4 is 0 Å². The molecule has 0 spiro atoms. The monoisotopic (exact) mass is 211 g/mol. The second-order valence-electron chi connectivity index (χ2n) is 2.34. The molecule has 0 unspecified atom stereocenters. The normalized spacial score (nSPS) is 10.7. The van der Waals surface area contributed by atoms with Crippen molar-refractivity contribution in [2.24, 2.45) is 0 Å². The molecular weight excluding hydrogens is 206 g/mol. The summed E-state index contributed by atoms with van der Waals surface area (Å²) in [7, 11) is 0. The van der Waals surface area contributed by atoms with Crippen molar-refractivity contribution in [1.29, 1.82) is 0 Å². The second-order valence-corrected chi connectivity index (χ2v) is 3.14. The second kappa shape index (κ2) is 2.34. The van der Waals surface area contributed by atoms with Gasteiger partial charge < -0.3 is 4.42 Å². The Labute approximate surface area is 72.4 Å². The molecule has 0 bridgehead atoms. The van der Waals surface area contributed by atoms with Crippen molar-refractivity contribution < 1.29 is 4.42 Å². The quantitative estimate of drug-likeness (QED) is 0.670. The molecule has 2 nitrogen and oxygen atoms in total. The Balaban J connectivity index is 2.92. The van der Waals surface area contributed by atoms with Crippen LogP contribution in [0.5, 0.6) is 0 Å². The minimum atomic E-state index is 0.830. The zero-order valence-electron chi connectivity index (χ0n) is 5.97. The maximum atomic E-state index is 5.39. The van der Waals surface area contributed by atoms with Crippen molar-refractivity contribution >= 4 is 26.9 Å². The van der Waals surface area contributed by atoms with Gasteiger partial charge in [0.15, 0.2) is 5.58 Å². The van der Waals surface area contributed by atoms with Crippen LogP contribution in [0, 0.1) is 6.92 Å². The van der Waals surface area contributed by atoms with E-state index in [1.807, 2.05) is 13.0 Å². The van der Waals surface area contributed by atoms with Crippen molar-refractivity contribution in [1.82, 2.24) is 4.98 Å². The molecule has 0 aromatic carbocycles. The smallest absolute Gasteiger partial charge is 0.153 e. The summed E-state index contributed by atoms with van der Waals surface area (Å²) in [4.78, 5) is 3.95. The lowest BCUT2D eigenvalue weighted by Crippen LogP contribution is -1.67. The van der Waals surface area contributed by atoms with Gasteiger partial charge in [-0.3, -0.25) is 4.98 Å². The van der Waals surface area contributed by atoms with E-state index in [9.17, 15) is 0 Å². The number of hydrogen-bond acceptors (Lipinski definition) is 2. The number of aryl methyl sites for hydroxylation is 1. The molecule has 2 aromatic rings. The van der Waals surface area contributed by atoms with Crippen LogP contribution in [0.15, 0.2) is 27.3 Å². The highest BCUT2D eigenvalue weighted by atomic mass is 79.9. The molecule has 2 aromatic heterocycles. The summed E-state index contributed by atoms with van der Waals surface area (Å²) in [5.74, 6) is 0.896. The maximum Gasteiger partial charge on any atom is 0.153 e. The van der Waals surface area contributed by atoms with Crippen molar-refractivity contribution in [3.8, 4) is 0 Å². The summed E-state index contributed by atoms with van der Waals surface area (Å²) in [6.45, 7) is 1.92. The van der Waals surface area contributed by atoms with Crippen LogP contribution in [0.4, 0.5) is 0 Å². The number of rotatable bonds is 0. The molecule has 0 radical (unpaired) electrons. The van der Waals surface area contributed by atoms with Crippen molar-refractivity contribution in [3.63, 3.8) is 0 Å². The Kier molecular flexibility index (Phi) is 1.46. The SMILES string of the molecule is Cc1oc2cnccc2c1Br. The van der Waals surface area contributed by atoms with Crippen LogP contribution in [0.3, 0.4) is 0 Å². The minimum Gasteiger partial charge on any atom is -0.459 e. The Morgan fingerprint density at radius 1 is 1.55 bits per heavy atom. The molecule has 0 saturated carbocycles. The lowest BCUT2D eigenvalue weighted by atomic mass is 10.3. The molecule has 0 amide bonds. The predicted octanol–water partition coefficient (Wildman–Crippen LogP) is 2.90. The third-order valence-corrected chi connectivity index (χ3v) is 2.58. The first kappa shape index (κ1) is 6.85. The van der Waals surface area contributed by atoms with E-state index in [-0.39, 0.29) is 0 Å². The Bertz CT molecular complexity index is 394. The molecule has 2 heterocycles. The van der Waals surface area contributed by atoms with E-state index >= 15 is 0 Å². The van der Waals surface area contributed by atoms with Gasteiger partial charge in [0.05, 0.1) is 10.7 Å². The van der Waals surface area contributed by atoms with E-state index in [4.69, 9.17) is 4.42 Å². The van der Waals surface area contributed by atoms with Gasteiger partial charge in [-0.15, -0.1) is 0 Å². The topological polar surface area (TPSA) is 26.0 Å². The van der Waals surface area contributed by atoms with Crippen molar-refractivity contribution in [2.75, 3.05) is 0 Å². The fourth-order valence-electron chi connectivity index (χ4n) is 1.04. The predicted molar refractivity (Wildman–Crippen MR) is 46.4 cm³/mol. The summed E-state index contributed by atoms with van der Waals surface area (Å²) >= 11 is 3.43. The molecule has 0 aliphatic rings. The van der Waals surface area contributed by atoms with Gasteiger partial charge in [-0.1, -0.05) is 0 Å². The Morgan fingerprint density at radius 3 is 3.09 bits per heavy atom. The molecule has 56 valence electrons. The van der Waals surface area contributed by atoms with E-state index in [1.165, 1.54) is 0 Å². The van der Waals surface area contributed by atoms with Gasteiger partial charge in [0.2, 0.25) is 0 Å². The lowest BCUT2D eigenvalue weighted by molar-refractivity contribution is 0.574. The fraction of sp³-hybridized carbons (Fsp3) is 0.125. The van der Waals surface area contributed by atoms with Crippen molar-refractivity contribution in [2.45, 2.75) is 6.92 Å². The van der Waals surface area contributed by atoms with Crippen LogP contribution in [-0.4, -0.2) is 4.98 Å². The van der Waals surface area contributed by atoms with E-state index in [0.717, 1.165) is 21.2 Å². The highest BCUT2D eigenvalue weighted by Gasteiger charge is 2.05. The van der Waals surface area contributed by atoms with Gasteiger partial charge >= 0.3 is 0 Å². The molecule has 0 aliphatic carbocycles. The van der Waals surface area contributed by atoms with Gasteiger partial charge in [-0.2, -0.15) is 0 Å². The van der Waals surface area contributed by atoms with Gasteiger partial charge in [0.1, 0.15) is 5.76 Å². The molecule has 0 saturated heterocycles. The third-order valence-electron chi connectivity index (χ3n) is 1.59. The number of fused-ring (bicyclic) bond motifs is 1. The minimum absolute atomic E-state index is 0.830. The number of hydrogen-bond donors (Lipinski definition) is 0. The zero-order chi connectivity index (χ0) is 7.84. The summed E-state index contributed by atoms with van der Waals surface area (Å²) in [6.07, 6.45) is 3.47. The number of pyridine rings is 1. The zero-order valence-corrected chi connectivity index (χ0v) is 7.55. The highest BCUT2D eigenvalue weighted by molar-refractivity contribution is 9.10. The highest BCUT2D eigenvalue weighted by Crippen LogP contribution is 2.28. The van der Waals surface area contributed by atoms with E-state index in [2.05, 4.69) is 20.9 Å². The summed E-state index contributed by atoms with van der Waals surface area (Å²) in [6, 6.07) is 1.93. The molecule has 2 rings (SSSR count). The number of nitrogens with zero attached hydrogens (tertiary/aromatic N) is 1. The molecule has 0 aliphatic heterocycles. The van der Waals surface area contributed by atoms with Gasteiger partial charge in [0.25, 0.3) is 0 Å². The van der Waals surface area contributed by atoms with E-state index < -0.39 is 0 Å². The maximum absolute atomic E-state index is 5.39. The molecular formula is C8H6BrNO. The van der Waals surface area contributed by atoms with Crippen LogP contribution >= 0.6 is 15.9 Å². The summed E-state index contributed by atoms with van der Waals surface area (Å²) < 4.78 is 6.41. The van der Waals surface area contributed by atoms with E-state index in [1.54, 1.807) is 12.4 Å². The molecule has 0 atom stereocenters. The average Bonchev–Trinajstić information content (AvgIpc) is 2.30. The average molecular weight is 212 g/mol.